The maximum Gasteiger partial charge on any atom is 0.331 e. The number of rotatable bonds is 23. The summed E-state index contributed by atoms with van der Waals surface area (Å²) in [5, 5.41) is 0. The molecule has 0 heterocycles. The monoisotopic (exact) mass is 930 g/mol. The van der Waals surface area contributed by atoms with Crippen LogP contribution in [0, 0.1) is 0 Å². The van der Waals surface area contributed by atoms with E-state index in [-0.39, 0.29) is 13.2 Å². The van der Waals surface area contributed by atoms with Crippen molar-refractivity contribution < 1.29 is 28.5 Å². The fourth-order valence-corrected chi connectivity index (χ4v) is 12.0. The summed E-state index contributed by atoms with van der Waals surface area (Å²) in [6.45, 7) is 11.3. The van der Waals surface area contributed by atoms with E-state index in [0.717, 1.165) is 11.1 Å². The van der Waals surface area contributed by atoms with Crippen LogP contribution in [0.5, 0.6) is 11.5 Å². The van der Waals surface area contributed by atoms with Gasteiger partial charge in [0.1, 0.15) is 24.7 Å². The van der Waals surface area contributed by atoms with Gasteiger partial charge in [0.05, 0.1) is 0 Å². The molecule has 14 heteroatoms. The van der Waals surface area contributed by atoms with Gasteiger partial charge in [-0.05, 0) is 122 Å². The highest BCUT2D eigenvalue weighted by molar-refractivity contribution is 8.02. The van der Waals surface area contributed by atoms with E-state index < -0.39 is 21.8 Å². The third-order valence-electron chi connectivity index (χ3n) is 8.69. The molecule has 0 saturated carbocycles. The molecule has 0 aliphatic carbocycles. The van der Waals surface area contributed by atoms with Crippen LogP contribution in [0.3, 0.4) is 0 Å². The Kier molecular flexibility index (Phi) is 19.7. The molecule has 0 saturated heterocycles. The second-order valence-electron chi connectivity index (χ2n) is 12.7. The van der Waals surface area contributed by atoms with E-state index in [1.165, 1.54) is 76.2 Å². The first kappa shape index (κ1) is 48.4. The topological polar surface area (TPSA) is 71.1 Å². The Labute approximate surface area is 378 Å². The number of carbonyl (C=O) groups is 2. The standard InChI is InChI=1S/C44H50O6S8/c1-11-41(45)49-43(3,57-25-35-37(53-7)21-33(51-5)22-38(35)54-8)27-47-31-17-13-29(14-18-31)30-15-19-32(20-16-30)48-28-44(4,50-42(46)12-2)58-26-36-39(55-9)23-34(52-6)24-40(36)56-10/h11-24H,1-2,25-28H2,3-10H3. The summed E-state index contributed by atoms with van der Waals surface area (Å²) in [5.41, 5.74) is 4.43. The van der Waals surface area contributed by atoms with Crippen LogP contribution in [0.2, 0.25) is 0 Å². The largest absolute Gasteiger partial charge is 0.488 e. The lowest BCUT2D eigenvalue weighted by molar-refractivity contribution is -0.147. The first-order valence-electron chi connectivity index (χ1n) is 17.9. The molecule has 0 aliphatic heterocycles. The minimum absolute atomic E-state index is 0.149. The van der Waals surface area contributed by atoms with E-state index in [9.17, 15) is 9.59 Å². The van der Waals surface area contributed by atoms with Gasteiger partial charge in [0.25, 0.3) is 0 Å². The van der Waals surface area contributed by atoms with Gasteiger partial charge >= 0.3 is 11.9 Å². The summed E-state index contributed by atoms with van der Waals surface area (Å²) in [7, 11) is 0. The molecule has 0 aliphatic rings. The van der Waals surface area contributed by atoms with Crippen molar-refractivity contribution in [1.82, 2.24) is 0 Å². The van der Waals surface area contributed by atoms with E-state index in [0.29, 0.717) is 23.0 Å². The lowest BCUT2D eigenvalue weighted by Gasteiger charge is -2.29. The first-order chi connectivity index (χ1) is 27.8. The molecule has 4 aromatic carbocycles. The van der Waals surface area contributed by atoms with Crippen LogP contribution in [-0.2, 0) is 30.6 Å². The average molecular weight is 931 g/mol. The van der Waals surface area contributed by atoms with Gasteiger partial charge < -0.3 is 18.9 Å². The Morgan fingerprint density at radius 3 is 1.10 bits per heavy atom. The Balaban J connectivity index is 1.42. The Morgan fingerprint density at radius 1 is 0.534 bits per heavy atom. The van der Waals surface area contributed by atoms with Crippen LogP contribution in [0.1, 0.15) is 25.0 Å². The van der Waals surface area contributed by atoms with Gasteiger partial charge in [-0.2, -0.15) is 0 Å². The highest BCUT2D eigenvalue weighted by atomic mass is 32.2. The van der Waals surface area contributed by atoms with Crippen molar-refractivity contribution in [3.8, 4) is 22.6 Å². The van der Waals surface area contributed by atoms with Gasteiger partial charge in [0.2, 0.25) is 0 Å². The maximum atomic E-state index is 12.4. The summed E-state index contributed by atoms with van der Waals surface area (Å²) in [5.74, 6) is 1.61. The molecule has 0 aromatic heterocycles. The van der Waals surface area contributed by atoms with E-state index in [4.69, 9.17) is 18.9 Å². The minimum Gasteiger partial charge on any atom is -0.488 e. The molecule has 0 fully saturated rings. The summed E-state index contributed by atoms with van der Waals surface area (Å²) >= 11 is 13.4. The quantitative estimate of drug-likeness (QED) is 0.0307. The van der Waals surface area contributed by atoms with Crippen LogP contribution in [0.25, 0.3) is 11.1 Å². The molecule has 4 rings (SSSR count). The second kappa shape index (κ2) is 23.6. The van der Waals surface area contributed by atoms with Crippen molar-refractivity contribution in [1.29, 1.82) is 0 Å². The van der Waals surface area contributed by atoms with E-state index >= 15 is 0 Å². The lowest BCUT2D eigenvalue weighted by Crippen LogP contribution is -2.34. The van der Waals surface area contributed by atoms with Gasteiger partial charge in [0.15, 0.2) is 9.87 Å². The number of esters is 2. The minimum atomic E-state index is -0.962. The molecule has 0 radical (unpaired) electrons. The number of hydrogen-bond donors (Lipinski definition) is 0. The Hall–Kier alpha value is -2.30. The van der Waals surface area contributed by atoms with E-state index in [2.05, 4.69) is 75.0 Å². The van der Waals surface area contributed by atoms with Gasteiger partial charge in [-0.15, -0.1) is 94.1 Å². The normalized spacial score (nSPS) is 13.2. The number of thioether (sulfide) groups is 8. The second-order valence-corrected chi connectivity index (χ2v) is 20.8. The predicted molar refractivity (Wildman–Crippen MR) is 258 cm³/mol. The van der Waals surface area contributed by atoms with Crippen LogP contribution in [-0.4, -0.2) is 72.6 Å². The predicted octanol–water partition coefficient (Wildman–Crippen LogP) is 13.2. The molecule has 6 nitrogen and oxygen atoms in total. The molecule has 310 valence electrons. The Bertz CT molecular complexity index is 1830. The number of hydrogen-bond acceptors (Lipinski definition) is 14. The average Bonchev–Trinajstić information content (AvgIpc) is 3.25. The SMILES string of the molecule is C=CC(=O)OC(C)(COc1ccc(-c2ccc(OCC(C)(OC(=O)C=C)SCc3c(SC)cc(SC)cc3SC)cc2)cc1)SCc1c(SC)cc(SC)cc1SC. The molecule has 0 amide bonds. The van der Waals surface area contributed by atoms with E-state index in [1.54, 1.807) is 70.6 Å². The molecule has 58 heavy (non-hydrogen) atoms. The lowest BCUT2D eigenvalue weighted by atomic mass is 10.1. The van der Waals surface area contributed by atoms with Gasteiger partial charge in [-0.25, -0.2) is 9.59 Å². The van der Waals surface area contributed by atoms with Crippen molar-refractivity contribution >= 4 is 106 Å². The molecular formula is C44H50O6S8. The summed E-state index contributed by atoms with van der Waals surface area (Å²) in [6, 6.07) is 24.5. The van der Waals surface area contributed by atoms with Crippen molar-refractivity contribution in [3.63, 3.8) is 0 Å². The summed E-state index contributed by atoms with van der Waals surface area (Å²) in [4.78, 5) is 30.2. The smallest absolute Gasteiger partial charge is 0.331 e. The number of ether oxygens (including phenoxy) is 4. The number of benzene rings is 4. The molecule has 0 bridgehead atoms. The summed E-state index contributed by atoms with van der Waals surface area (Å²) < 4.78 is 24.2. The maximum absolute atomic E-state index is 12.4. The highest BCUT2D eigenvalue weighted by Crippen LogP contribution is 2.42. The molecule has 4 aromatic rings. The zero-order valence-electron chi connectivity index (χ0n) is 34.0. The van der Waals surface area contributed by atoms with Crippen LogP contribution >= 0.6 is 94.1 Å². The van der Waals surface area contributed by atoms with Crippen molar-refractivity contribution in [2.75, 3.05) is 50.7 Å². The molecular weight excluding hydrogens is 881 g/mol. The zero-order valence-corrected chi connectivity index (χ0v) is 40.6. The Morgan fingerprint density at radius 2 is 0.845 bits per heavy atom. The van der Waals surface area contributed by atoms with Gasteiger partial charge in [-0.3, -0.25) is 0 Å². The molecule has 0 spiro atoms. The van der Waals surface area contributed by atoms with Crippen molar-refractivity contribution in [2.24, 2.45) is 0 Å². The fourth-order valence-electron chi connectivity index (χ4n) is 5.52. The molecule has 2 atom stereocenters. The first-order valence-corrected chi connectivity index (χ1v) is 27.2. The van der Waals surface area contributed by atoms with Crippen LogP contribution in [0.4, 0.5) is 0 Å². The van der Waals surface area contributed by atoms with Crippen LogP contribution in [0.15, 0.2) is 127 Å². The van der Waals surface area contributed by atoms with Gasteiger partial charge in [-0.1, -0.05) is 37.4 Å². The zero-order chi connectivity index (χ0) is 42.3. The van der Waals surface area contributed by atoms with E-state index in [1.807, 2.05) is 62.4 Å². The van der Waals surface area contributed by atoms with Crippen molar-refractivity contribution in [3.05, 3.63) is 109 Å². The molecule has 2 unspecified atom stereocenters. The third kappa shape index (κ3) is 13.9. The molecule has 0 N–H and O–H groups in total. The van der Waals surface area contributed by atoms with Crippen LogP contribution < -0.4 is 9.47 Å². The third-order valence-corrected chi connectivity index (χ3v) is 15.8. The fraction of sp³-hybridized carbons (Fsp3) is 0.318. The van der Waals surface area contributed by atoms with Gasteiger partial charge in [0, 0.05) is 53.0 Å². The highest BCUT2D eigenvalue weighted by Gasteiger charge is 2.32. The van der Waals surface area contributed by atoms with Crippen molar-refractivity contribution in [2.45, 2.75) is 64.6 Å². The summed E-state index contributed by atoms with van der Waals surface area (Å²) in [6.07, 6.45) is 14.9. The number of carbonyl (C=O) groups excluding carboxylic acids is 2.